The molecule has 0 bridgehead atoms. The Kier molecular flexibility index (Phi) is 5.40. The molecule has 0 aliphatic carbocycles. The Morgan fingerprint density at radius 1 is 1.03 bits per heavy atom. The number of sulfonamides is 1. The molecular weight excluding hydrogens is 444 g/mol. The first-order chi connectivity index (χ1) is 15.4. The van der Waals surface area contributed by atoms with Crippen molar-refractivity contribution < 1.29 is 8.42 Å². The minimum Gasteiger partial charge on any atom is -0.267 e. The number of hydrogen-bond donors (Lipinski definition) is 0. The van der Waals surface area contributed by atoms with Gasteiger partial charge in [0.15, 0.2) is 0 Å². The van der Waals surface area contributed by atoms with Crippen molar-refractivity contribution in [1.29, 1.82) is 0 Å². The van der Waals surface area contributed by atoms with E-state index in [-0.39, 0.29) is 24.4 Å². The van der Waals surface area contributed by atoms with Gasteiger partial charge in [0.05, 0.1) is 35.6 Å². The molecule has 1 fully saturated rings. The lowest BCUT2D eigenvalue weighted by Crippen LogP contribution is -2.30. The molecule has 4 aromatic rings. The average Bonchev–Trinajstić information content (AvgIpc) is 3.38. The summed E-state index contributed by atoms with van der Waals surface area (Å²) in [5, 5.41) is 8.55. The number of thiazole rings is 1. The van der Waals surface area contributed by atoms with Gasteiger partial charge in [-0.15, -0.1) is 11.3 Å². The van der Waals surface area contributed by atoms with E-state index in [2.05, 4.69) is 5.10 Å². The van der Waals surface area contributed by atoms with Gasteiger partial charge < -0.3 is 0 Å². The number of fused-ring (bicyclic) bond motifs is 1. The lowest BCUT2D eigenvalue weighted by atomic mass is 10.1. The highest BCUT2D eigenvalue weighted by atomic mass is 32.2. The summed E-state index contributed by atoms with van der Waals surface area (Å²) in [6.07, 6.45) is 0.612. The van der Waals surface area contributed by atoms with Crippen molar-refractivity contribution in [1.82, 2.24) is 19.1 Å². The van der Waals surface area contributed by atoms with E-state index in [1.54, 1.807) is 6.07 Å². The Balaban J connectivity index is 1.51. The SMILES string of the molecule is Cc1ccc(-c2csc(Cn3nc(CN4CCCS4(=O)=O)c4ccccc4c3=O)n2)cc1. The molecule has 1 saturated heterocycles. The van der Waals surface area contributed by atoms with Crippen LogP contribution in [0.4, 0.5) is 0 Å². The normalized spacial score (nSPS) is 16.0. The van der Waals surface area contributed by atoms with E-state index in [9.17, 15) is 13.2 Å². The van der Waals surface area contributed by atoms with Crippen LogP contribution in [0.5, 0.6) is 0 Å². The van der Waals surface area contributed by atoms with Crippen molar-refractivity contribution in [3.63, 3.8) is 0 Å². The molecule has 2 aromatic carbocycles. The Morgan fingerprint density at radius 2 is 1.78 bits per heavy atom. The fourth-order valence-corrected chi connectivity index (χ4v) is 6.20. The number of benzene rings is 2. The summed E-state index contributed by atoms with van der Waals surface area (Å²) >= 11 is 1.48. The molecule has 32 heavy (non-hydrogen) atoms. The molecule has 0 atom stereocenters. The second-order valence-electron chi connectivity index (χ2n) is 7.95. The van der Waals surface area contributed by atoms with Crippen LogP contribution in [-0.4, -0.2) is 39.8 Å². The Labute approximate surface area is 190 Å². The van der Waals surface area contributed by atoms with E-state index < -0.39 is 10.0 Å². The molecule has 5 rings (SSSR count). The maximum atomic E-state index is 13.1. The Morgan fingerprint density at radius 3 is 2.50 bits per heavy atom. The van der Waals surface area contributed by atoms with Crippen LogP contribution < -0.4 is 5.56 Å². The number of hydrogen-bond acceptors (Lipinski definition) is 6. The molecule has 164 valence electrons. The van der Waals surface area contributed by atoms with Gasteiger partial charge in [-0.05, 0) is 19.4 Å². The van der Waals surface area contributed by atoms with Crippen LogP contribution in [0.25, 0.3) is 22.0 Å². The third-order valence-electron chi connectivity index (χ3n) is 5.66. The summed E-state index contributed by atoms with van der Waals surface area (Å²) in [4.78, 5) is 17.8. The van der Waals surface area contributed by atoms with Gasteiger partial charge in [0.25, 0.3) is 5.56 Å². The quantitative estimate of drug-likeness (QED) is 0.450. The fraction of sp³-hybridized carbons (Fsp3) is 0.261. The average molecular weight is 467 g/mol. The van der Waals surface area contributed by atoms with Crippen LogP contribution in [0.2, 0.25) is 0 Å². The van der Waals surface area contributed by atoms with E-state index >= 15 is 0 Å². The van der Waals surface area contributed by atoms with Crippen molar-refractivity contribution in [3.05, 3.63) is 80.5 Å². The molecule has 7 nitrogen and oxygen atoms in total. The highest BCUT2D eigenvalue weighted by molar-refractivity contribution is 7.89. The Bertz CT molecular complexity index is 1460. The van der Waals surface area contributed by atoms with E-state index in [0.29, 0.717) is 29.4 Å². The van der Waals surface area contributed by atoms with Crippen LogP contribution in [0.15, 0.2) is 58.7 Å². The molecule has 3 heterocycles. The van der Waals surface area contributed by atoms with E-state index in [1.807, 2.05) is 54.8 Å². The largest absolute Gasteiger partial charge is 0.275 e. The van der Waals surface area contributed by atoms with E-state index in [1.165, 1.54) is 25.9 Å². The van der Waals surface area contributed by atoms with E-state index in [4.69, 9.17) is 4.98 Å². The number of aromatic nitrogens is 3. The van der Waals surface area contributed by atoms with Gasteiger partial charge in [0.1, 0.15) is 5.01 Å². The van der Waals surface area contributed by atoms with Crippen LogP contribution in [-0.2, 0) is 23.1 Å². The van der Waals surface area contributed by atoms with Gasteiger partial charge in [-0.1, -0.05) is 48.0 Å². The summed E-state index contributed by atoms with van der Waals surface area (Å²) in [6, 6.07) is 15.4. The van der Waals surface area contributed by atoms with Crippen molar-refractivity contribution in [3.8, 4) is 11.3 Å². The molecule has 2 aromatic heterocycles. The standard InChI is InChI=1S/C23H22N4O3S2/c1-16-7-9-17(10-8-16)21-15-31-22(24-21)14-27-23(28)19-6-3-2-5-18(19)20(25-27)13-26-11-4-12-32(26,29)30/h2-3,5-10,15H,4,11-14H2,1H3. The minimum atomic E-state index is -3.27. The van der Waals surface area contributed by atoms with Crippen LogP contribution in [0.1, 0.15) is 22.7 Å². The number of aryl methyl sites for hydroxylation is 1. The first-order valence-corrected chi connectivity index (χ1v) is 12.9. The summed E-state index contributed by atoms with van der Waals surface area (Å²) in [5.74, 6) is 0.158. The van der Waals surface area contributed by atoms with Gasteiger partial charge in [-0.3, -0.25) is 4.79 Å². The molecule has 0 radical (unpaired) electrons. The highest BCUT2D eigenvalue weighted by Gasteiger charge is 2.29. The fourth-order valence-electron chi connectivity index (χ4n) is 3.93. The minimum absolute atomic E-state index is 0.158. The second-order valence-corrected chi connectivity index (χ2v) is 11.0. The van der Waals surface area contributed by atoms with Gasteiger partial charge in [-0.25, -0.2) is 18.1 Å². The summed E-state index contributed by atoms with van der Waals surface area (Å²) < 4.78 is 27.5. The molecule has 0 unspecified atom stereocenters. The summed E-state index contributed by atoms with van der Waals surface area (Å²) in [7, 11) is -3.27. The molecule has 0 amide bonds. The molecule has 1 aliphatic rings. The molecule has 0 N–H and O–H groups in total. The molecular formula is C23H22N4O3S2. The zero-order chi connectivity index (χ0) is 22.3. The van der Waals surface area contributed by atoms with Crippen LogP contribution in [0.3, 0.4) is 0 Å². The molecule has 0 saturated carbocycles. The summed E-state index contributed by atoms with van der Waals surface area (Å²) in [5.41, 5.74) is 3.45. The number of nitrogens with zero attached hydrogens (tertiary/aromatic N) is 4. The first kappa shape index (κ1) is 21.0. The molecule has 1 aliphatic heterocycles. The third kappa shape index (κ3) is 3.99. The van der Waals surface area contributed by atoms with Crippen LogP contribution in [0, 0.1) is 6.92 Å². The monoisotopic (exact) mass is 466 g/mol. The third-order valence-corrected chi connectivity index (χ3v) is 8.39. The van der Waals surface area contributed by atoms with Crippen molar-refractivity contribution >= 4 is 32.1 Å². The maximum Gasteiger partial charge on any atom is 0.275 e. The van der Waals surface area contributed by atoms with Crippen LogP contribution >= 0.6 is 11.3 Å². The Hall–Kier alpha value is -2.88. The van der Waals surface area contributed by atoms with Crippen molar-refractivity contribution in [2.45, 2.75) is 26.4 Å². The lowest BCUT2D eigenvalue weighted by Gasteiger charge is -2.16. The predicted molar refractivity (Wildman–Crippen MR) is 126 cm³/mol. The highest BCUT2D eigenvalue weighted by Crippen LogP contribution is 2.24. The second kappa shape index (κ2) is 8.23. The van der Waals surface area contributed by atoms with Gasteiger partial charge in [-0.2, -0.15) is 9.40 Å². The zero-order valence-electron chi connectivity index (χ0n) is 17.6. The van der Waals surface area contributed by atoms with E-state index in [0.717, 1.165) is 16.3 Å². The predicted octanol–water partition coefficient (Wildman–Crippen LogP) is 3.41. The van der Waals surface area contributed by atoms with Gasteiger partial charge in [0, 0.05) is 22.9 Å². The molecule has 9 heteroatoms. The van der Waals surface area contributed by atoms with Crippen molar-refractivity contribution in [2.24, 2.45) is 0 Å². The summed E-state index contributed by atoms with van der Waals surface area (Å²) in [6.45, 7) is 2.92. The van der Waals surface area contributed by atoms with Crippen molar-refractivity contribution in [2.75, 3.05) is 12.3 Å². The smallest absolute Gasteiger partial charge is 0.267 e. The lowest BCUT2D eigenvalue weighted by molar-refractivity contribution is 0.430. The zero-order valence-corrected chi connectivity index (χ0v) is 19.2. The van der Waals surface area contributed by atoms with Gasteiger partial charge in [0.2, 0.25) is 10.0 Å². The number of rotatable bonds is 5. The topological polar surface area (TPSA) is 85.2 Å². The maximum absolute atomic E-state index is 13.1. The first-order valence-electron chi connectivity index (χ1n) is 10.4. The van der Waals surface area contributed by atoms with Gasteiger partial charge >= 0.3 is 0 Å². The molecule has 0 spiro atoms.